The third kappa shape index (κ3) is 7.90. The molecule has 3 nitrogen and oxygen atoms in total. The van der Waals surface area contributed by atoms with Gasteiger partial charge in [-0.25, -0.2) is 0 Å². The molecular weight excluding hydrogens is 223 g/mol. The second-order valence-corrected chi connectivity index (χ2v) is 4.20. The van der Waals surface area contributed by atoms with Crippen molar-refractivity contribution in [3.8, 4) is 0 Å². The normalized spacial score (nSPS) is 18.8. The standard InChI is InChI=1S/C10H18F3NO2/c11-10(12,13)3-4-14-5-9(15)7-16-6-8-1-2-8/h8-9,14-15H,1-7H2. The van der Waals surface area contributed by atoms with Crippen LogP contribution in [-0.2, 0) is 4.74 Å². The van der Waals surface area contributed by atoms with Crippen molar-refractivity contribution >= 4 is 0 Å². The van der Waals surface area contributed by atoms with Crippen molar-refractivity contribution in [3.05, 3.63) is 0 Å². The first-order valence-electron chi connectivity index (χ1n) is 5.50. The Labute approximate surface area is 93.0 Å². The van der Waals surface area contributed by atoms with E-state index in [0.29, 0.717) is 12.5 Å². The molecule has 96 valence electrons. The molecule has 1 unspecified atom stereocenters. The average Bonchev–Trinajstić information content (AvgIpc) is 2.95. The van der Waals surface area contributed by atoms with Crippen molar-refractivity contribution in [2.24, 2.45) is 5.92 Å². The summed E-state index contributed by atoms with van der Waals surface area (Å²) < 4.78 is 40.5. The van der Waals surface area contributed by atoms with Gasteiger partial charge < -0.3 is 15.2 Å². The van der Waals surface area contributed by atoms with Crippen molar-refractivity contribution in [1.82, 2.24) is 5.32 Å². The Bertz CT molecular complexity index is 195. The molecule has 0 aliphatic heterocycles. The van der Waals surface area contributed by atoms with Crippen LogP contribution in [0.15, 0.2) is 0 Å². The van der Waals surface area contributed by atoms with Crippen LogP contribution < -0.4 is 5.32 Å². The largest absolute Gasteiger partial charge is 0.390 e. The molecule has 0 aromatic heterocycles. The van der Waals surface area contributed by atoms with Crippen LogP contribution in [0.3, 0.4) is 0 Å². The van der Waals surface area contributed by atoms with Crippen LogP contribution in [0, 0.1) is 5.92 Å². The van der Waals surface area contributed by atoms with Crippen molar-refractivity contribution in [1.29, 1.82) is 0 Å². The Kier molecular flexibility index (Phi) is 5.51. The van der Waals surface area contributed by atoms with E-state index in [9.17, 15) is 18.3 Å². The molecule has 0 amide bonds. The smallest absolute Gasteiger partial charge is 0.389 e. The predicted octanol–water partition coefficient (Wildman–Crippen LogP) is 1.32. The lowest BCUT2D eigenvalue weighted by Gasteiger charge is -2.12. The minimum Gasteiger partial charge on any atom is -0.389 e. The van der Waals surface area contributed by atoms with Crippen molar-refractivity contribution in [3.63, 3.8) is 0 Å². The molecule has 1 rings (SSSR count). The van der Waals surface area contributed by atoms with Gasteiger partial charge in [0.25, 0.3) is 0 Å². The molecule has 6 heteroatoms. The molecule has 0 aromatic carbocycles. The summed E-state index contributed by atoms with van der Waals surface area (Å²) in [6, 6.07) is 0. The van der Waals surface area contributed by atoms with Crippen molar-refractivity contribution in [2.75, 3.05) is 26.3 Å². The summed E-state index contributed by atoms with van der Waals surface area (Å²) in [6.07, 6.45) is -3.38. The number of aliphatic hydroxyl groups is 1. The first kappa shape index (κ1) is 13.7. The van der Waals surface area contributed by atoms with Crippen LogP contribution in [0.5, 0.6) is 0 Å². The molecule has 1 aliphatic carbocycles. The number of nitrogens with one attached hydrogen (secondary N) is 1. The Morgan fingerprint density at radius 3 is 2.62 bits per heavy atom. The van der Waals surface area contributed by atoms with Crippen LogP contribution in [0.2, 0.25) is 0 Å². The van der Waals surface area contributed by atoms with Gasteiger partial charge in [-0.3, -0.25) is 0 Å². The highest BCUT2D eigenvalue weighted by molar-refractivity contribution is 4.72. The maximum absolute atomic E-state index is 11.8. The first-order chi connectivity index (χ1) is 7.47. The zero-order valence-electron chi connectivity index (χ0n) is 9.09. The van der Waals surface area contributed by atoms with E-state index >= 15 is 0 Å². The Morgan fingerprint density at radius 2 is 2.06 bits per heavy atom. The minimum absolute atomic E-state index is 0.140. The van der Waals surface area contributed by atoms with Gasteiger partial charge in [0.2, 0.25) is 0 Å². The molecule has 1 atom stereocenters. The molecule has 0 radical (unpaired) electrons. The van der Waals surface area contributed by atoms with Gasteiger partial charge in [-0.15, -0.1) is 0 Å². The molecular formula is C10H18F3NO2. The summed E-state index contributed by atoms with van der Waals surface area (Å²) in [6.45, 7) is 0.819. The van der Waals surface area contributed by atoms with E-state index in [4.69, 9.17) is 4.74 Å². The number of hydrogen-bond donors (Lipinski definition) is 2. The second-order valence-electron chi connectivity index (χ2n) is 4.20. The number of hydrogen-bond acceptors (Lipinski definition) is 3. The molecule has 0 heterocycles. The van der Waals surface area contributed by atoms with Gasteiger partial charge in [0.15, 0.2) is 0 Å². The van der Waals surface area contributed by atoms with Gasteiger partial charge >= 0.3 is 6.18 Å². The number of ether oxygens (including phenoxy) is 1. The Balaban J connectivity index is 1.86. The van der Waals surface area contributed by atoms with Gasteiger partial charge in [0, 0.05) is 19.7 Å². The average molecular weight is 241 g/mol. The minimum atomic E-state index is -4.14. The molecule has 1 aliphatic rings. The summed E-state index contributed by atoms with van der Waals surface area (Å²) in [5, 5.41) is 11.9. The van der Waals surface area contributed by atoms with Gasteiger partial charge in [0.05, 0.1) is 19.1 Å². The lowest BCUT2D eigenvalue weighted by molar-refractivity contribution is -0.133. The third-order valence-electron chi connectivity index (χ3n) is 2.33. The summed E-state index contributed by atoms with van der Waals surface area (Å²) in [5.41, 5.74) is 0. The van der Waals surface area contributed by atoms with Crippen LogP contribution in [0.4, 0.5) is 13.2 Å². The maximum atomic E-state index is 11.8. The van der Waals surface area contributed by atoms with E-state index < -0.39 is 18.7 Å². The predicted molar refractivity (Wildman–Crippen MR) is 53.1 cm³/mol. The molecule has 1 fully saturated rings. The topological polar surface area (TPSA) is 41.5 Å². The summed E-state index contributed by atoms with van der Waals surface area (Å²) >= 11 is 0. The zero-order chi connectivity index (χ0) is 12.0. The molecule has 0 saturated heterocycles. The first-order valence-corrected chi connectivity index (χ1v) is 5.50. The fourth-order valence-electron chi connectivity index (χ4n) is 1.21. The number of aliphatic hydroxyl groups excluding tert-OH is 1. The Morgan fingerprint density at radius 1 is 1.38 bits per heavy atom. The Hall–Kier alpha value is -0.330. The van der Waals surface area contributed by atoms with E-state index in [1.165, 1.54) is 12.8 Å². The van der Waals surface area contributed by atoms with E-state index in [2.05, 4.69) is 5.32 Å². The lowest BCUT2D eigenvalue weighted by Crippen LogP contribution is -2.32. The highest BCUT2D eigenvalue weighted by Crippen LogP contribution is 2.28. The van der Waals surface area contributed by atoms with Crippen molar-refractivity contribution in [2.45, 2.75) is 31.5 Å². The summed E-state index contributed by atoms with van der Waals surface area (Å²) in [4.78, 5) is 0. The van der Waals surface area contributed by atoms with Crippen LogP contribution in [-0.4, -0.2) is 43.7 Å². The molecule has 1 saturated carbocycles. The highest BCUT2D eigenvalue weighted by atomic mass is 19.4. The van der Waals surface area contributed by atoms with E-state index in [0.717, 1.165) is 0 Å². The molecule has 16 heavy (non-hydrogen) atoms. The third-order valence-corrected chi connectivity index (χ3v) is 2.33. The zero-order valence-corrected chi connectivity index (χ0v) is 9.09. The van der Waals surface area contributed by atoms with Gasteiger partial charge in [-0.2, -0.15) is 13.2 Å². The monoisotopic (exact) mass is 241 g/mol. The number of alkyl halides is 3. The maximum Gasteiger partial charge on any atom is 0.390 e. The van der Waals surface area contributed by atoms with Crippen LogP contribution >= 0.6 is 0 Å². The van der Waals surface area contributed by atoms with Crippen LogP contribution in [0.25, 0.3) is 0 Å². The highest BCUT2D eigenvalue weighted by Gasteiger charge is 2.26. The molecule has 0 bridgehead atoms. The number of halogens is 3. The molecule has 0 aromatic rings. The van der Waals surface area contributed by atoms with Gasteiger partial charge in [-0.1, -0.05) is 0 Å². The molecule has 2 N–H and O–H groups in total. The van der Waals surface area contributed by atoms with E-state index in [-0.39, 0.29) is 19.7 Å². The number of rotatable bonds is 8. The fraction of sp³-hybridized carbons (Fsp3) is 1.00. The summed E-state index contributed by atoms with van der Waals surface area (Å²) in [7, 11) is 0. The van der Waals surface area contributed by atoms with Crippen LogP contribution in [0.1, 0.15) is 19.3 Å². The second kappa shape index (κ2) is 6.42. The van der Waals surface area contributed by atoms with Gasteiger partial charge in [0.1, 0.15) is 0 Å². The van der Waals surface area contributed by atoms with Crippen molar-refractivity contribution < 1.29 is 23.0 Å². The van der Waals surface area contributed by atoms with E-state index in [1.54, 1.807) is 0 Å². The SMILES string of the molecule is OC(CNCCC(F)(F)F)COCC1CC1. The van der Waals surface area contributed by atoms with E-state index in [1.807, 2.05) is 0 Å². The fourth-order valence-corrected chi connectivity index (χ4v) is 1.21. The molecule has 0 spiro atoms. The summed E-state index contributed by atoms with van der Waals surface area (Å²) in [5.74, 6) is 0.630. The van der Waals surface area contributed by atoms with Gasteiger partial charge in [-0.05, 0) is 18.8 Å². The quantitative estimate of drug-likeness (QED) is 0.630. The lowest BCUT2D eigenvalue weighted by atomic mass is 10.3.